The zero-order chi connectivity index (χ0) is 26.3. The highest BCUT2D eigenvalue weighted by Gasteiger charge is 2.90. The van der Waals surface area contributed by atoms with Crippen LogP contribution in [0.15, 0.2) is 24.3 Å². The highest BCUT2D eigenvalue weighted by atomic mass is 19.4. The van der Waals surface area contributed by atoms with Crippen LogP contribution in [0.25, 0.3) is 0 Å². The number of methoxy groups -OCH3 is 1. The number of benzene rings is 1. The Morgan fingerprint density at radius 1 is 0.667 bits per heavy atom. The summed E-state index contributed by atoms with van der Waals surface area (Å²) in [6, 6.07) is 4.24. The number of ether oxygens (including phenoxy) is 2. The first-order valence-corrected chi connectivity index (χ1v) is 8.82. The van der Waals surface area contributed by atoms with Gasteiger partial charge in [-0.25, -0.2) is 0 Å². The van der Waals surface area contributed by atoms with E-state index >= 15 is 0 Å². The van der Waals surface area contributed by atoms with E-state index in [9.17, 15) is 57.1 Å². The second-order valence-electron chi connectivity index (χ2n) is 7.16. The molecule has 1 rings (SSSR count). The molecule has 0 radical (unpaired) electrons. The molecule has 0 fully saturated rings. The van der Waals surface area contributed by atoms with Crippen molar-refractivity contribution in [2.45, 2.75) is 68.3 Å². The van der Waals surface area contributed by atoms with E-state index in [0.29, 0.717) is 7.11 Å². The smallest absolute Gasteiger partial charge is 0.460 e. The van der Waals surface area contributed by atoms with E-state index in [1.54, 1.807) is 13.8 Å². The summed E-state index contributed by atoms with van der Waals surface area (Å²) < 4.78 is 182. The fraction of sp³-hybridized carbons (Fsp3) is 0.667. The Labute approximate surface area is 178 Å². The molecule has 2 nitrogen and oxygen atoms in total. The summed E-state index contributed by atoms with van der Waals surface area (Å²) in [7, 11) is 0.655. The van der Waals surface area contributed by atoms with Gasteiger partial charge in [-0.15, -0.1) is 0 Å². The molecular formula is C18H17F13O2. The molecule has 0 saturated heterocycles. The number of halogens is 13. The number of hydrogen-bond donors (Lipinski definition) is 0. The molecule has 1 atom stereocenters. The molecule has 1 aromatic carbocycles. The van der Waals surface area contributed by atoms with Gasteiger partial charge in [-0.1, -0.05) is 12.1 Å². The molecule has 0 saturated carbocycles. The third-order valence-electron chi connectivity index (χ3n) is 4.35. The minimum atomic E-state index is -7.93. The lowest BCUT2D eigenvalue weighted by Gasteiger charge is -2.40. The first kappa shape index (κ1) is 29.1. The summed E-state index contributed by atoms with van der Waals surface area (Å²) in [6.07, 6.45) is -12.4. The van der Waals surface area contributed by atoms with Gasteiger partial charge in [-0.3, -0.25) is 0 Å². The molecule has 0 aromatic heterocycles. The molecule has 1 unspecified atom stereocenters. The lowest BCUT2D eigenvalue weighted by atomic mass is 9.90. The lowest BCUT2D eigenvalue weighted by molar-refractivity contribution is -0.440. The van der Waals surface area contributed by atoms with E-state index in [1.165, 1.54) is 0 Å². The van der Waals surface area contributed by atoms with E-state index < -0.39 is 48.3 Å². The molecule has 0 spiro atoms. The highest BCUT2D eigenvalue weighted by Crippen LogP contribution is 2.61. The molecule has 0 aliphatic carbocycles. The predicted molar refractivity (Wildman–Crippen MR) is 87.4 cm³/mol. The third kappa shape index (κ3) is 5.11. The van der Waals surface area contributed by atoms with Crippen molar-refractivity contribution in [2.24, 2.45) is 0 Å². The zero-order valence-electron chi connectivity index (χ0n) is 16.9. The molecule has 0 bridgehead atoms. The molecule has 1 aromatic rings. The Morgan fingerprint density at radius 3 is 1.45 bits per heavy atom. The monoisotopic (exact) mass is 512 g/mol. The maximum Gasteiger partial charge on any atom is 0.460 e. The van der Waals surface area contributed by atoms with Gasteiger partial charge in [-0.2, -0.15) is 57.1 Å². The maximum absolute atomic E-state index is 14.1. The summed E-state index contributed by atoms with van der Waals surface area (Å²) in [6.45, 7) is 3.24. The Hall–Kier alpha value is -1.93. The van der Waals surface area contributed by atoms with Crippen molar-refractivity contribution in [1.29, 1.82) is 0 Å². The predicted octanol–water partition coefficient (Wildman–Crippen LogP) is 7.29. The summed E-state index contributed by atoms with van der Waals surface area (Å²) in [5, 5.41) is 0. The minimum Gasteiger partial charge on any atom is -0.491 e. The summed E-state index contributed by atoms with van der Waals surface area (Å²) in [4.78, 5) is 0. The van der Waals surface area contributed by atoms with Crippen molar-refractivity contribution in [3.63, 3.8) is 0 Å². The van der Waals surface area contributed by atoms with Crippen molar-refractivity contribution < 1.29 is 66.5 Å². The molecule has 0 aliphatic heterocycles. The van der Waals surface area contributed by atoms with Crippen LogP contribution in [-0.4, -0.2) is 49.0 Å². The van der Waals surface area contributed by atoms with Gasteiger partial charge in [0.2, 0.25) is 0 Å². The molecule has 0 N–H and O–H groups in total. The molecule has 33 heavy (non-hydrogen) atoms. The maximum atomic E-state index is 14.1. The Kier molecular flexibility index (Phi) is 7.96. The SMILES string of the molecule is COC(CC(F)(F)C(F)(F)C(F)(F)C(F)(F)C(F)(F)C(F)(F)F)c1ccc(OC(C)C)cc1. The summed E-state index contributed by atoms with van der Waals surface area (Å²) >= 11 is 0. The van der Waals surface area contributed by atoms with E-state index in [2.05, 4.69) is 4.74 Å². The van der Waals surface area contributed by atoms with Crippen molar-refractivity contribution in [2.75, 3.05) is 7.11 Å². The Bertz CT molecular complexity index is 786. The molecule has 0 aliphatic rings. The van der Waals surface area contributed by atoms with E-state index in [4.69, 9.17) is 4.74 Å². The van der Waals surface area contributed by atoms with Gasteiger partial charge in [0.25, 0.3) is 0 Å². The van der Waals surface area contributed by atoms with Gasteiger partial charge in [-0.05, 0) is 31.5 Å². The van der Waals surface area contributed by atoms with Gasteiger partial charge in [0, 0.05) is 13.5 Å². The normalized spacial score (nSPS) is 15.7. The fourth-order valence-electron chi connectivity index (χ4n) is 2.53. The van der Waals surface area contributed by atoms with Crippen LogP contribution in [0.3, 0.4) is 0 Å². The topological polar surface area (TPSA) is 18.5 Å². The van der Waals surface area contributed by atoms with Crippen LogP contribution in [0, 0.1) is 0 Å². The van der Waals surface area contributed by atoms with Crippen molar-refractivity contribution in [1.82, 2.24) is 0 Å². The van der Waals surface area contributed by atoms with E-state index in [1.807, 2.05) is 0 Å². The van der Waals surface area contributed by atoms with Gasteiger partial charge < -0.3 is 9.47 Å². The van der Waals surface area contributed by atoms with Crippen LogP contribution in [0.4, 0.5) is 57.1 Å². The van der Waals surface area contributed by atoms with Crippen molar-refractivity contribution in [3.05, 3.63) is 29.8 Å². The Morgan fingerprint density at radius 2 is 1.09 bits per heavy atom. The van der Waals surface area contributed by atoms with Gasteiger partial charge >= 0.3 is 35.8 Å². The van der Waals surface area contributed by atoms with Crippen molar-refractivity contribution in [3.8, 4) is 5.75 Å². The lowest BCUT2D eigenvalue weighted by Crippen LogP contribution is -2.70. The van der Waals surface area contributed by atoms with Crippen LogP contribution >= 0.6 is 0 Å². The first-order valence-electron chi connectivity index (χ1n) is 8.82. The molecule has 0 heterocycles. The van der Waals surface area contributed by atoms with Crippen LogP contribution in [-0.2, 0) is 4.74 Å². The second-order valence-corrected chi connectivity index (χ2v) is 7.16. The van der Waals surface area contributed by atoms with Crippen LogP contribution in [0.5, 0.6) is 5.75 Å². The van der Waals surface area contributed by atoms with Crippen LogP contribution in [0.1, 0.15) is 31.9 Å². The third-order valence-corrected chi connectivity index (χ3v) is 4.35. The quantitative estimate of drug-likeness (QED) is 0.307. The minimum absolute atomic E-state index is 0.168. The zero-order valence-corrected chi connectivity index (χ0v) is 16.9. The number of rotatable bonds is 10. The van der Waals surface area contributed by atoms with Crippen LogP contribution in [0.2, 0.25) is 0 Å². The molecular weight excluding hydrogens is 495 g/mol. The summed E-state index contributed by atoms with van der Waals surface area (Å²) in [5.41, 5.74) is -0.361. The van der Waals surface area contributed by atoms with Crippen molar-refractivity contribution >= 4 is 0 Å². The van der Waals surface area contributed by atoms with Crippen LogP contribution < -0.4 is 4.74 Å². The van der Waals surface area contributed by atoms with Gasteiger partial charge in [0.05, 0.1) is 12.2 Å². The van der Waals surface area contributed by atoms with E-state index in [0.717, 1.165) is 24.3 Å². The Balaban J connectivity index is 3.32. The largest absolute Gasteiger partial charge is 0.491 e. The highest BCUT2D eigenvalue weighted by molar-refractivity contribution is 5.29. The fourth-order valence-corrected chi connectivity index (χ4v) is 2.53. The summed E-state index contributed by atoms with van der Waals surface area (Å²) in [5.74, 6) is -36.9. The first-order chi connectivity index (χ1) is 14.6. The average Bonchev–Trinajstić information content (AvgIpc) is 2.64. The van der Waals surface area contributed by atoms with E-state index in [-0.39, 0.29) is 17.4 Å². The molecule has 0 amide bonds. The second kappa shape index (κ2) is 9.02. The van der Waals surface area contributed by atoms with Gasteiger partial charge in [0.15, 0.2) is 0 Å². The molecule has 192 valence electrons. The van der Waals surface area contributed by atoms with Gasteiger partial charge in [0.1, 0.15) is 5.75 Å². The number of alkyl halides is 13. The number of hydrogen-bond acceptors (Lipinski definition) is 2. The standard InChI is InChI=1S/C18H17F13O2/c1-9(2)33-11-6-4-10(5-7-11)12(32-3)8-13(19,20)14(21,22)15(23,24)16(25,26)17(27,28)18(29,30)31/h4-7,9,12H,8H2,1-3H3. The molecule has 15 heteroatoms. The average molecular weight is 512 g/mol.